The number of anilines is 1. The van der Waals surface area contributed by atoms with Gasteiger partial charge >= 0.3 is 5.97 Å². The highest BCUT2D eigenvalue weighted by Crippen LogP contribution is 2.37. The zero-order valence-electron chi connectivity index (χ0n) is 24.0. The molecule has 7 nitrogen and oxygen atoms in total. The summed E-state index contributed by atoms with van der Waals surface area (Å²) in [5.41, 5.74) is 4.90. The van der Waals surface area contributed by atoms with Crippen LogP contribution >= 0.6 is 11.3 Å². The fourth-order valence-electron chi connectivity index (χ4n) is 5.68. The predicted octanol–water partition coefficient (Wildman–Crippen LogP) is 4.80. The standard InChI is InChI=1S/C34H31N3O4S/c1-5-36-25-15-11-10-14-24(25)26(31(36)38)30-32(39)37-29(23-18-16-21(17-19-23)20(3)4)27(33(40)41-6-2)28(35-34(37)42-30)22-12-8-7-9-13-22/h7-20,29H,5-6H2,1-4H3/b30-26+/t29-/m0/s1. The number of aromatic nitrogens is 1. The third-order valence-corrected chi connectivity index (χ3v) is 8.79. The van der Waals surface area contributed by atoms with Crippen molar-refractivity contribution in [1.82, 2.24) is 4.57 Å². The van der Waals surface area contributed by atoms with E-state index in [1.165, 1.54) is 11.3 Å². The zero-order valence-corrected chi connectivity index (χ0v) is 24.8. The van der Waals surface area contributed by atoms with Crippen LogP contribution in [0.3, 0.4) is 0 Å². The minimum atomic E-state index is -0.792. The highest BCUT2D eigenvalue weighted by Gasteiger charge is 2.38. The van der Waals surface area contributed by atoms with E-state index in [9.17, 15) is 14.4 Å². The summed E-state index contributed by atoms with van der Waals surface area (Å²) in [6, 6.07) is 24.2. The highest BCUT2D eigenvalue weighted by molar-refractivity contribution is 7.07. The Morgan fingerprint density at radius 1 is 0.952 bits per heavy atom. The van der Waals surface area contributed by atoms with Crippen LogP contribution in [0.15, 0.2) is 94.2 Å². The molecule has 0 radical (unpaired) electrons. The van der Waals surface area contributed by atoms with E-state index in [4.69, 9.17) is 9.73 Å². The number of carbonyl (C=O) groups is 2. The van der Waals surface area contributed by atoms with E-state index in [0.29, 0.717) is 33.1 Å². The molecule has 0 N–H and O–H groups in total. The molecule has 0 aliphatic carbocycles. The molecule has 4 aromatic rings. The second-order valence-electron chi connectivity index (χ2n) is 10.5. The second kappa shape index (κ2) is 11.0. The quantitative estimate of drug-likeness (QED) is 0.309. The molecule has 42 heavy (non-hydrogen) atoms. The third-order valence-electron chi connectivity index (χ3n) is 7.73. The molecule has 0 fully saturated rings. The monoisotopic (exact) mass is 577 g/mol. The maximum atomic E-state index is 14.4. The summed E-state index contributed by atoms with van der Waals surface area (Å²) >= 11 is 1.18. The van der Waals surface area contributed by atoms with Crippen LogP contribution in [0.1, 0.15) is 61.9 Å². The Hall–Kier alpha value is -4.56. The van der Waals surface area contributed by atoms with Gasteiger partial charge in [0.15, 0.2) is 4.80 Å². The summed E-state index contributed by atoms with van der Waals surface area (Å²) in [5, 5.41) is 0. The van der Waals surface area contributed by atoms with Gasteiger partial charge in [-0.15, -0.1) is 0 Å². The number of hydrogen-bond donors (Lipinski definition) is 0. The number of ether oxygens (including phenoxy) is 1. The van der Waals surface area contributed by atoms with Crippen LogP contribution in [0.2, 0.25) is 0 Å². The average Bonchev–Trinajstić information content (AvgIpc) is 3.48. The van der Waals surface area contributed by atoms with Gasteiger partial charge in [0.25, 0.3) is 11.5 Å². The van der Waals surface area contributed by atoms with E-state index in [0.717, 1.165) is 27.9 Å². The van der Waals surface area contributed by atoms with Gasteiger partial charge in [0, 0.05) is 17.7 Å². The number of benzene rings is 3. The van der Waals surface area contributed by atoms with E-state index < -0.39 is 12.0 Å². The van der Waals surface area contributed by atoms with Crippen molar-refractivity contribution >= 4 is 40.2 Å². The maximum Gasteiger partial charge on any atom is 0.338 e. The molecule has 0 saturated carbocycles. The molecule has 1 amide bonds. The zero-order chi connectivity index (χ0) is 29.5. The number of esters is 1. The van der Waals surface area contributed by atoms with Crippen LogP contribution in [0.5, 0.6) is 0 Å². The molecule has 3 aromatic carbocycles. The Kier molecular flexibility index (Phi) is 7.24. The van der Waals surface area contributed by atoms with Crippen molar-refractivity contribution in [2.45, 2.75) is 39.7 Å². The van der Waals surface area contributed by atoms with Crippen molar-refractivity contribution in [3.05, 3.63) is 126 Å². The van der Waals surface area contributed by atoms with Crippen LogP contribution in [0, 0.1) is 0 Å². The fraction of sp³-hybridized carbons (Fsp3) is 0.235. The van der Waals surface area contributed by atoms with Gasteiger partial charge in [-0.3, -0.25) is 14.2 Å². The first-order chi connectivity index (χ1) is 20.3. The number of carbonyl (C=O) groups excluding carboxylic acids is 2. The van der Waals surface area contributed by atoms with Gasteiger partial charge in [-0.2, -0.15) is 0 Å². The fourth-order valence-corrected chi connectivity index (χ4v) is 6.77. The lowest BCUT2D eigenvalue weighted by molar-refractivity contribution is -0.138. The molecule has 6 rings (SSSR count). The molecule has 2 aliphatic heterocycles. The summed E-state index contributed by atoms with van der Waals surface area (Å²) in [6.45, 7) is 8.56. The number of nitrogens with zero attached hydrogens (tertiary/aromatic N) is 3. The predicted molar refractivity (Wildman–Crippen MR) is 165 cm³/mol. The average molecular weight is 578 g/mol. The van der Waals surface area contributed by atoms with E-state index in [1.54, 1.807) is 16.4 Å². The Morgan fingerprint density at radius 2 is 1.64 bits per heavy atom. The normalized spacial score (nSPS) is 17.3. The van der Waals surface area contributed by atoms with E-state index in [-0.39, 0.29) is 23.6 Å². The van der Waals surface area contributed by atoms with Gasteiger partial charge in [0.05, 0.1) is 35.2 Å². The molecular formula is C34H31N3O4S. The Morgan fingerprint density at radius 3 is 2.31 bits per heavy atom. The Balaban J connectivity index is 1.70. The van der Waals surface area contributed by atoms with Crippen molar-refractivity contribution < 1.29 is 14.3 Å². The van der Waals surface area contributed by atoms with Crippen molar-refractivity contribution in [2.75, 3.05) is 18.1 Å². The number of likely N-dealkylation sites (N-methyl/N-ethyl adjacent to an activating group) is 1. The summed E-state index contributed by atoms with van der Waals surface area (Å²) < 4.78 is 7.43. The molecule has 3 heterocycles. The lowest BCUT2D eigenvalue weighted by atomic mass is 9.91. The first-order valence-electron chi connectivity index (χ1n) is 14.2. The largest absolute Gasteiger partial charge is 0.463 e. The van der Waals surface area contributed by atoms with Crippen molar-refractivity contribution in [1.29, 1.82) is 0 Å². The van der Waals surface area contributed by atoms with Crippen molar-refractivity contribution in [3.8, 4) is 0 Å². The highest BCUT2D eigenvalue weighted by atomic mass is 32.1. The van der Waals surface area contributed by atoms with Gasteiger partial charge in [0.1, 0.15) is 4.53 Å². The SMILES string of the molecule is CCOC(=O)C1=C(c2ccccc2)N=c2s/c(=C3/C(=O)N(CC)c4ccccc43)c(=O)n2[C@H]1c1ccc(C(C)C)cc1. The molecular weight excluding hydrogens is 546 g/mol. The first kappa shape index (κ1) is 27.6. The van der Waals surface area contributed by atoms with Crippen LogP contribution in [-0.2, 0) is 14.3 Å². The van der Waals surface area contributed by atoms with Crippen LogP contribution in [-0.4, -0.2) is 29.6 Å². The van der Waals surface area contributed by atoms with E-state index in [1.807, 2.05) is 85.8 Å². The van der Waals surface area contributed by atoms with Gasteiger partial charge < -0.3 is 9.64 Å². The molecule has 2 aliphatic rings. The number of hydrogen-bond acceptors (Lipinski definition) is 6. The van der Waals surface area contributed by atoms with Crippen molar-refractivity contribution in [3.63, 3.8) is 0 Å². The number of amides is 1. The first-order valence-corrected chi connectivity index (χ1v) is 15.0. The minimum absolute atomic E-state index is 0.177. The maximum absolute atomic E-state index is 14.4. The molecule has 212 valence electrons. The van der Waals surface area contributed by atoms with Gasteiger partial charge in [0.2, 0.25) is 0 Å². The number of thiazole rings is 1. The van der Waals surface area contributed by atoms with Crippen LogP contribution in [0.4, 0.5) is 5.69 Å². The van der Waals surface area contributed by atoms with Crippen LogP contribution < -0.4 is 19.8 Å². The molecule has 0 spiro atoms. The molecule has 1 aromatic heterocycles. The topological polar surface area (TPSA) is 81.0 Å². The number of rotatable bonds is 6. The summed E-state index contributed by atoms with van der Waals surface area (Å²) in [5.74, 6) is -0.428. The van der Waals surface area contributed by atoms with Crippen molar-refractivity contribution in [2.24, 2.45) is 4.99 Å². The summed E-state index contributed by atoms with van der Waals surface area (Å²) in [4.78, 5) is 48.8. The second-order valence-corrected chi connectivity index (χ2v) is 11.5. The van der Waals surface area contributed by atoms with E-state index >= 15 is 0 Å². The van der Waals surface area contributed by atoms with E-state index in [2.05, 4.69) is 13.8 Å². The minimum Gasteiger partial charge on any atom is -0.463 e. The Bertz CT molecular complexity index is 1920. The summed E-state index contributed by atoms with van der Waals surface area (Å²) in [7, 11) is 0. The number of fused-ring (bicyclic) bond motifs is 2. The third kappa shape index (κ3) is 4.43. The molecule has 1 atom stereocenters. The summed E-state index contributed by atoms with van der Waals surface area (Å²) in [6.07, 6.45) is 0. The Labute approximate surface area is 247 Å². The lowest BCUT2D eigenvalue weighted by Crippen LogP contribution is -2.41. The van der Waals surface area contributed by atoms with Gasteiger partial charge in [-0.1, -0.05) is 98.0 Å². The van der Waals surface area contributed by atoms with Gasteiger partial charge in [-0.05, 0) is 37.0 Å². The lowest BCUT2D eigenvalue weighted by Gasteiger charge is -2.26. The number of para-hydroxylation sites is 1. The van der Waals surface area contributed by atoms with Gasteiger partial charge in [-0.25, -0.2) is 9.79 Å². The molecule has 0 bridgehead atoms. The molecule has 0 unspecified atom stereocenters. The van der Waals surface area contributed by atoms with Crippen LogP contribution in [0.25, 0.3) is 11.3 Å². The smallest absolute Gasteiger partial charge is 0.338 e. The molecule has 8 heteroatoms. The molecule has 0 saturated heterocycles.